The van der Waals surface area contributed by atoms with Gasteiger partial charge in [-0.2, -0.15) is 0 Å². The number of hydrogen-bond donors (Lipinski definition) is 1. The molecule has 0 fully saturated rings. The Kier molecular flexibility index (Phi) is 4.60. The van der Waals surface area contributed by atoms with Gasteiger partial charge in [-0.1, -0.05) is 29.4 Å². The third-order valence-corrected chi connectivity index (χ3v) is 4.55. The molecule has 1 aromatic carbocycles. The van der Waals surface area contributed by atoms with E-state index in [9.17, 15) is 0 Å². The first kappa shape index (κ1) is 15.3. The maximum atomic E-state index is 5.22. The first-order valence-corrected chi connectivity index (χ1v) is 8.07. The third kappa shape index (κ3) is 3.39. The van der Waals surface area contributed by atoms with E-state index in [-0.39, 0.29) is 0 Å². The van der Waals surface area contributed by atoms with Crippen molar-refractivity contribution in [3.8, 4) is 0 Å². The highest BCUT2D eigenvalue weighted by molar-refractivity contribution is 5.29. The third-order valence-electron chi connectivity index (χ3n) is 4.55. The molecular weight excluding hydrogens is 274 g/mol. The van der Waals surface area contributed by atoms with Crippen molar-refractivity contribution in [3.05, 3.63) is 52.4 Å². The molecule has 0 bridgehead atoms. The summed E-state index contributed by atoms with van der Waals surface area (Å²) < 4.78 is 5.22. The predicted octanol–water partition coefficient (Wildman–Crippen LogP) is 2.83. The molecule has 0 radical (unpaired) electrons. The molecule has 0 spiro atoms. The van der Waals surface area contributed by atoms with Gasteiger partial charge in [0.05, 0.1) is 5.69 Å². The van der Waals surface area contributed by atoms with E-state index < -0.39 is 0 Å². The fourth-order valence-electron chi connectivity index (χ4n) is 3.19. The summed E-state index contributed by atoms with van der Waals surface area (Å²) >= 11 is 0. The Labute approximate surface area is 132 Å². The molecule has 1 aromatic heterocycles. The monoisotopic (exact) mass is 299 g/mol. The van der Waals surface area contributed by atoms with Crippen molar-refractivity contribution in [3.63, 3.8) is 0 Å². The van der Waals surface area contributed by atoms with E-state index in [0.29, 0.717) is 6.04 Å². The molecular formula is C18H25N3O. The Morgan fingerprint density at radius 3 is 2.77 bits per heavy atom. The number of benzene rings is 1. The summed E-state index contributed by atoms with van der Waals surface area (Å²) in [6, 6.07) is 9.23. The quantitative estimate of drug-likeness (QED) is 0.922. The molecule has 0 saturated carbocycles. The lowest BCUT2D eigenvalue weighted by molar-refractivity contribution is 0.229. The van der Waals surface area contributed by atoms with Crippen molar-refractivity contribution in [2.75, 3.05) is 13.1 Å². The zero-order chi connectivity index (χ0) is 15.5. The van der Waals surface area contributed by atoms with Gasteiger partial charge in [0.25, 0.3) is 0 Å². The number of aryl methyl sites for hydroxylation is 2. The topological polar surface area (TPSA) is 41.3 Å². The highest BCUT2D eigenvalue weighted by Gasteiger charge is 2.18. The number of nitrogens with one attached hydrogen (secondary N) is 1. The summed E-state index contributed by atoms with van der Waals surface area (Å²) in [5.74, 6) is 0.920. The van der Waals surface area contributed by atoms with E-state index in [4.69, 9.17) is 4.52 Å². The largest absolute Gasteiger partial charge is 0.361 e. The van der Waals surface area contributed by atoms with Crippen LogP contribution in [-0.4, -0.2) is 29.2 Å². The van der Waals surface area contributed by atoms with Crippen LogP contribution >= 0.6 is 0 Å². The number of hydrogen-bond acceptors (Lipinski definition) is 4. The standard InChI is InChI=1S/C18H25N3O/c1-13(19-10-18-14(2)20-22-15(18)3)11-21-9-8-16-6-4-5-7-17(16)12-21/h4-7,13,19H,8-12H2,1-3H3/t13-/m0/s1. The maximum absolute atomic E-state index is 5.22. The van der Waals surface area contributed by atoms with Gasteiger partial charge in [0.2, 0.25) is 0 Å². The van der Waals surface area contributed by atoms with Crippen molar-refractivity contribution >= 4 is 0 Å². The minimum absolute atomic E-state index is 0.443. The molecule has 4 nitrogen and oxygen atoms in total. The molecule has 0 unspecified atom stereocenters. The minimum atomic E-state index is 0.443. The second-order valence-electron chi connectivity index (χ2n) is 6.34. The fourth-order valence-corrected chi connectivity index (χ4v) is 3.19. The first-order chi connectivity index (χ1) is 10.6. The van der Waals surface area contributed by atoms with Crippen LogP contribution in [0.1, 0.15) is 35.1 Å². The molecule has 1 aliphatic heterocycles. The van der Waals surface area contributed by atoms with Gasteiger partial charge in [-0.25, -0.2) is 0 Å². The Bertz CT molecular complexity index is 616. The van der Waals surface area contributed by atoms with Gasteiger partial charge in [0, 0.05) is 37.8 Å². The summed E-state index contributed by atoms with van der Waals surface area (Å²) in [6.45, 7) is 10.3. The van der Waals surface area contributed by atoms with E-state index in [2.05, 4.69) is 46.6 Å². The SMILES string of the molecule is Cc1noc(C)c1CN[C@@H](C)CN1CCc2ccccc2C1. The van der Waals surface area contributed by atoms with Gasteiger partial charge in [0.1, 0.15) is 5.76 Å². The van der Waals surface area contributed by atoms with Crippen molar-refractivity contribution in [2.45, 2.75) is 46.3 Å². The van der Waals surface area contributed by atoms with E-state index in [1.165, 1.54) is 16.7 Å². The lowest BCUT2D eigenvalue weighted by Gasteiger charge is -2.31. The Morgan fingerprint density at radius 2 is 2.05 bits per heavy atom. The summed E-state index contributed by atoms with van der Waals surface area (Å²) in [5.41, 5.74) is 5.17. The second-order valence-corrected chi connectivity index (χ2v) is 6.34. The van der Waals surface area contributed by atoms with Gasteiger partial charge >= 0.3 is 0 Å². The first-order valence-electron chi connectivity index (χ1n) is 8.07. The van der Waals surface area contributed by atoms with Gasteiger partial charge in [-0.3, -0.25) is 4.90 Å². The molecule has 3 rings (SSSR count). The second kappa shape index (κ2) is 6.63. The van der Waals surface area contributed by atoms with Crippen LogP contribution in [0.4, 0.5) is 0 Å². The van der Waals surface area contributed by atoms with Crippen LogP contribution in [0.3, 0.4) is 0 Å². The highest BCUT2D eigenvalue weighted by Crippen LogP contribution is 2.18. The number of nitrogens with zero attached hydrogens (tertiary/aromatic N) is 2. The molecule has 0 saturated heterocycles. The van der Waals surface area contributed by atoms with Crippen LogP contribution < -0.4 is 5.32 Å². The summed E-state index contributed by atoms with van der Waals surface area (Å²) in [7, 11) is 0. The Balaban J connectivity index is 1.52. The molecule has 118 valence electrons. The average molecular weight is 299 g/mol. The zero-order valence-corrected chi connectivity index (χ0v) is 13.7. The molecule has 1 aliphatic rings. The van der Waals surface area contributed by atoms with Gasteiger partial charge in [-0.05, 0) is 38.3 Å². The molecule has 22 heavy (non-hydrogen) atoms. The van der Waals surface area contributed by atoms with Gasteiger partial charge in [0.15, 0.2) is 0 Å². The minimum Gasteiger partial charge on any atom is -0.361 e. The normalized spacial score (nSPS) is 16.5. The number of aromatic nitrogens is 1. The average Bonchev–Trinajstić information content (AvgIpc) is 2.84. The van der Waals surface area contributed by atoms with Gasteiger partial charge in [-0.15, -0.1) is 0 Å². The van der Waals surface area contributed by atoms with E-state index in [1.54, 1.807) is 0 Å². The molecule has 1 N–H and O–H groups in total. The van der Waals surface area contributed by atoms with Crippen LogP contribution in [0.25, 0.3) is 0 Å². The predicted molar refractivity (Wildman–Crippen MR) is 87.7 cm³/mol. The molecule has 0 aliphatic carbocycles. The van der Waals surface area contributed by atoms with Crippen molar-refractivity contribution in [1.29, 1.82) is 0 Å². The number of rotatable bonds is 5. The molecule has 4 heteroatoms. The van der Waals surface area contributed by atoms with Gasteiger partial charge < -0.3 is 9.84 Å². The Morgan fingerprint density at radius 1 is 1.27 bits per heavy atom. The zero-order valence-electron chi connectivity index (χ0n) is 13.7. The lowest BCUT2D eigenvalue weighted by atomic mass is 9.99. The Hall–Kier alpha value is -1.65. The van der Waals surface area contributed by atoms with E-state index in [0.717, 1.165) is 44.1 Å². The van der Waals surface area contributed by atoms with E-state index in [1.807, 2.05) is 13.8 Å². The highest BCUT2D eigenvalue weighted by atomic mass is 16.5. The summed E-state index contributed by atoms with van der Waals surface area (Å²) in [6.07, 6.45) is 1.16. The van der Waals surface area contributed by atoms with Crippen molar-refractivity contribution in [2.24, 2.45) is 0 Å². The van der Waals surface area contributed by atoms with Crippen LogP contribution in [0.2, 0.25) is 0 Å². The van der Waals surface area contributed by atoms with Crippen LogP contribution in [0.5, 0.6) is 0 Å². The van der Waals surface area contributed by atoms with Crippen molar-refractivity contribution < 1.29 is 4.52 Å². The van der Waals surface area contributed by atoms with Crippen LogP contribution in [0.15, 0.2) is 28.8 Å². The van der Waals surface area contributed by atoms with Crippen LogP contribution in [-0.2, 0) is 19.5 Å². The number of fused-ring (bicyclic) bond motifs is 1. The van der Waals surface area contributed by atoms with Crippen LogP contribution in [0, 0.1) is 13.8 Å². The summed E-state index contributed by atoms with van der Waals surface area (Å²) in [5, 5.41) is 7.61. The van der Waals surface area contributed by atoms with Crippen molar-refractivity contribution in [1.82, 2.24) is 15.4 Å². The molecule has 2 aromatic rings. The maximum Gasteiger partial charge on any atom is 0.138 e. The lowest BCUT2D eigenvalue weighted by Crippen LogP contribution is -2.41. The summed E-state index contributed by atoms with van der Waals surface area (Å²) in [4.78, 5) is 2.54. The molecule has 0 amide bonds. The molecule has 1 atom stereocenters. The molecule has 2 heterocycles. The smallest absolute Gasteiger partial charge is 0.138 e. The van der Waals surface area contributed by atoms with E-state index >= 15 is 0 Å². The fraction of sp³-hybridized carbons (Fsp3) is 0.500.